The van der Waals surface area contributed by atoms with Crippen molar-refractivity contribution in [3.63, 3.8) is 0 Å². The Morgan fingerprint density at radius 2 is 2.00 bits per heavy atom. The predicted molar refractivity (Wildman–Crippen MR) is 39.8 cm³/mol. The van der Waals surface area contributed by atoms with Gasteiger partial charge in [-0.2, -0.15) is 5.92 Å². The topological polar surface area (TPSA) is 26.0 Å². The Bertz CT molecular complexity index is 88.7. The first-order chi connectivity index (χ1) is 4.13. The Labute approximate surface area is 57.6 Å². The lowest BCUT2D eigenvalue weighted by Gasteiger charge is -2.18. The van der Waals surface area contributed by atoms with Gasteiger partial charge in [-0.1, -0.05) is 20.3 Å². The fraction of sp³-hybridized carbons (Fsp3) is 0.875. The Kier molecular flexibility index (Phi) is 1.80. The van der Waals surface area contributed by atoms with Crippen molar-refractivity contribution in [3.05, 3.63) is 6.92 Å². The van der Waals surface area contributed by atoms with E-state index in [1.165, 1.54) is 6.42 Å². The van der Waals surface area contributed by atoms with Gasteiger partial charge in [-0.05, 0) is 17.9 Å². The van der Waals surface area contributed by atoms with Gasteiger partial charge >= 0.3 is 0 Å². The monoisotopic (exact) mass is 126 g/mol. The molecule has 2 N–H and O–H groups in total. The maximum atomic E-state index is 5.85. The average Bonchev–Trinajstić information content (AvgIpc) is 1.98. The fourth-order valence-electron chi connectivity index (χ4n) is 1.66. The van der Waals surface area contributed by atoms with Crippen LogP contribution in [0.3, 0.4) is 0 Å². The van der Waals surface area contributed by atoms with E-state index in [9.17, 15) is 0 Å². The summed E-state index contributed by atoms with van der Waals surface area (Å²) < 4.78 is 0. The van der Waals surface area contributed by atoms with Crippen LogP contribution in [-0.4, -0.2) is 6.04 Å². The van der Waals surface area contributed by atoms with Crippen molar-refractivity contribution in [1.29, 1.82) is 0 Å². The zero-order valence-electron chi connectivity index (χ0n) is 6.30. The Morgan fingerprint density at radius 3 is 2.11 bits per heavy atom. The third-order valence-corrected chi connectivity index (χ3v) is 2.72. The summed E-state index contributed by atoms with van der Waals surface area (Å²) in [6.07, 6.45) is 1.21. The highest BCUT2D eigenvalue weighted by Crippen LogP contribution is 2.33. The summed E-state index contributed by atoms with van der Waals surface area (Å²) >= 11 is 0. The molecule has 0 spiro atoms. The van der Waals surface area contributed by atoms with Gasteiger partial charge in [0.1, 0.15) is 0 Å². The molecule has 4 atom stereocenters. The van der Waals surface area contributed by atoms with Gasteiger partial charge in [0.15, 0.2) is 0 Å². The van der Waals surface area contributed by atoms with E-state index in [2.05, 4.69) is 20.8 Å². The second-order valence-corrected chi connectivity index (χ2v) is 3.41. The lowest BCUT2D eigenvalue weighted by Crippen LogP contribution is -2.29. The molecular weight excluding hydrogens is 110 g/mol. The standard InChI is InChI=1S/C8H16N/c1-5-4-6(2)8(9)7(5)3/h5-8H,2,4,9H2,1,3H3/q-1. The van der Waals surface area contributed by atoms with Crippen LogP contribution in [0.1, 0.15) is 20.3 Å². The van der Waals surface area contributed by atoms with Gasteiger partial charge in [0.25, 0.3) is 0 Å². The highest BCUT2D eigenvalue weighted by molar-refractivity contribution is 4.90. The third-order valence-electron chi connectivity index (χ3n) is 2.72. The number of nitrogens with two attached hydrogens (primary N) is 1. The SMILES string of the molecule is [CH2-]C1CC(C)C(C)C1N. The highest BCUT2D eigenvalue weighted by Gasteiger charge is 2.28. The van der Waals surface area contributed by atoms with Crippen molar-refractivity contribution in [2.75, 3.05) is 0 Å². The van der Waals surface area contributed by atoms with E-state index >= 15 is 0 Å². The summed E-state index contributed by atoms with van der Waals surface area (Å²) in [4.78, 5) is 0. The highest BCUT2D eigenvalue weighted by atomic mass is 14.7. The molecule has 1 fully saturated rings. The molecule has 0 saturated heterocycles. The Morgan fingerprint density at radius 1 is 1.44 bits per heavy atom. The molecular formula is C8H16N-. The number of hydrogen-bond donors (Lipinski definition) is 1. The molecule has 0 bridgehead atoms. The van der Waals surface area contributed by atoms with Crippen LogP contribution < -0.4 is 5.73 Å². The normalized spacial score (nSPS) is 52.0. The van der Waals surface area contributed by atoms with Crippen LogP contribution in [0.2, 0.25) is 0 Å². The minimum Gasteiger partial charge on any atom is -0.339 e. The Balaban J connectivity index is 2.54. The molecule has 0 heterocycles. The van der Waals surface area contributed by atoms with Gasteiger partial charge in [-0.3, -0.25) is 0 Å². The summed E-state index contributed by atoms with van der Waals surface area (Å²) in [5.41, 5.74) is 5.85. The molecule has 0 radical (unpaired) electrons. The summed E-state index contributed by atoms with van der Waals surface area (Å²) in [5, 5.41) is 0. The molecule has 54 valence electrons. The molecule has 1 heteroatoms. The molecule has 1 rings (SSSR count). The maximum absolute atomic E-state index is 5.85. The van der Waals surface area contributed by atoms with Gasteiger partial charge in [0, 0.05) is 0 Å². The van der Waals surface area contributed by atoms with Crippen molar-refractivity contribution in [3.8, 4) is 0 Å². The molecule has 1 nitrogen and oxygen atoms in total. The van der Waals surface area contributed by atoms with Gasteiger partial charge in [-0.25, -0.2) is 0 Å². The van der Waals surface area contributed by atoms with Crippen molar-refractivity contribution in [2.45, 2.75) is 26.3 Å². The van der Waals surface area contributed by atoms with E-state index < -0.39 is 0 Å². The minimum atomic E-state index is 0.347. The first-order valence-electron chi connectivity index (χ1n) is 3.71. The molecule has 0 aliphatic heterocycles. The van der Waals surface area contributed by atoms with Crippen LogP contribution in [0.25, 0.3) is 0 Å². The second-order valence-electron chi connectivity index (χ2n) is 3.41. The van der Waals surface area contributed by atoms with Crippen LogP contribution >= 0.6 is 0 Å². The minimum absolute atomic E-state index is 0.347. The molecule has 1 saturated carbocycles. The van der Waals surface area contributed by atoms with Crippen LogP contribution in [-0.2, 0) is 0 Å². The average molecular weight is 126 g/mol. The summed E-state index contributed by atoms with van der Waals surface area (Å²) in [6, 6.07) is 0.347. The Hall–Kier alpha value is -0.0400. The van der Waals surface area contributed by atoms with Gasteiger partial charge in [0.2, 0.25) is 0 Å². The van der Waals surface area contributed by atoms with E-state index in [-0.39, 0.29) is 0 Å². The molecule has 9 heavy (non-hydrogen) atoms. The van der Waals surface area contributed by atoms with E-state index in [1.54, 1.807) is 0 Å². The largest absolute Gasteiger partial charge is 0.339 e. The predicted octanol–water partition coefficient (Wildman–Crippen LogP) is 1.44. The number of rotatable bonds is 0. The molecule has 4 unspecified atom stereocenters. The molecule has 0 amide bonds. The van der Waals surface area contributed by atoms with Crippen LogP contribution in [0.5, 0.6) is 0 Å². The van der Waals surface area contributed by atoms with Gasteiger partial charge < -0.3 is 12.7 Å². The van der Waals surface area contributed by atoms with Gasteiger partial charge in [0.05, 0.1) is 0 Å². The van der Waals surface area contributed by atoms with Gasteiger partial charge in [-0.15, -0.1) is 0 Å². The van der Waals surface area contributed by atoms with Crippen LogP contribution in [0.4, 0.5) is 0 Å². The maximum Gasteiger partial charge on any atom is -0.0178 e. The van der Waals surface area contributed by atoms with Crippen molar-refractivity contribution in [2.24, 2.45) is 23.5 Å². The fourth-order valence-corrected chi connectivity index (χ4v) is 1.66. The van der Waals surface area contributed by atoms with Crippen molar-refractivity contribution >= 4 is 0 Å². The first-order valence-corrected chi connectivity index (χ1v) is 3.71. The van der Waals surface area contributed by atoms with Crippen molar-refractivity contribution in [1.82, 2.24) is 0 Å². The third kappa shape index (κ3) is 1.11. The zero-order valence-corrected chi connectivity index (χ0v) is 6.30. The van der Waals surface area contributed by atoms with E-state index in [0.29, 0.717) is 17.9 Å². The van der Waals surface area contributed by atoms with Crippen LogP contribution in [0.15, 0.2) is 0 Å². The van der Waals surface area contributed by atoms with E-state index in [1.807, 2.05) is 0 Å². The van der Waals surface area contributed by atoms with E-state index in [4.69, 9.17) is 5.73 Å². The molecule has 1 aliphatic rings. The summed E-state index contributed by atoms with van der Waals surface area (Å²) in [5.74, 6) is 1.95. The quantitative estimate of drug-likeness (QED) is 0.488. The molecule has 0 aromatic rings. The number of hydrogen-bond acceptors (Lipinski definition) is 1. The lowest BCUT2D eigenvalue weighted by atomic mass is 9.98. The lowest BCUT2D eigenvalue weighted by molar-refractivity contribution is 0.417. The zero-order chi connectivity index (χ0) is 7.02. The first kappa shape index (κ1) is 7.07. The molecule has 1 aliphatic carbocycles. The van der Waals surface area contributed by atoms with Crippen LogP contribution in [0, 0.1) is 24.7 Å². The summed E-state index contributed by atoms with van der Waals surface area (Å²) in [6.45, 7) is 8.48. The second kappa shape index (κ2) is 2.30. The smallest absolute Gasteiger partial charge is 0.0178 e. The van der Waals surface area contributed by atoms with Crippen molar-refractivity contribution < 1.29 is 0 Å². The molecule has 0 aromatic carbocycles. The summed E-state index contributed by atoms with van der Waals surface area (Å²) in [7, 11) is 0. The van der Waals surface area contributed by atoms with E-state index in [0.717, 1.165) is 5.92 Å². The molecule has 0 aromatic heterocycles.